The summed E-state index contributed by atoms with van der Waals surface area (Å²) in [7, 11) is 0. The van der Waals surface area contributed by atoms with Gasteiger partial charge in [-0.05, 0) is 38.5 Å². The fourth-order valence-electron chi connectivity index (χ4n) is 5.15. The number of halogens is 3. The van der Waals surface area contributed by atoms with Crippen LogP contribution in [0.25, 0.3) is 0 Å². The summed E-state index contributed by atoms with van der Waals surface area (Å²) in [6.45, 7) is -0.149. The van der Waals surface area contributed by atoms with Gasteiger partial charge >= 0.3 is 17.9 Å². The molecule has 0 fully saturated rings. The van der Waals surface area contributed by atoms with Gasteiger partial charge in [0.2, 0.25) is 0 Å². The van der Waals surface area contributed by atoms with Crippen LogP contribution >= 0.6 is 47.8 Å². The van der Waals surface area contributed by atoms with Gasteiger partial charge in [0.15, 0.2) is 6.10 Å². The van der Waals surface area contributed by atoms with E-state index in [1.54, 1.807) is 0 Å². The molecule has 0 aromatic rings. The third kappa shape index (κ3) is 35.0. The van der Waals surface area contributed by atoms with E-state index in [9.17, 15) is 14.4 Å². The lowest BCUT2D eigenvalue weighted by Gasteiger charge is -2.18. The third-order valence-electron chi connectivity index (χ3n) is 7.95. The molecule has 0 unspecified atom stereocenters. The molecule has 6 nitrogen and oxygen atoms in total. The van der Waals surface area contributed by atoms with E-state index in [-0.39, 0.29) is 31.1 Å². The predicted octanol–water partition coefficient (Wildman–Crippen LogP) is 11.7. The van der Waals surface area contributed by atoms with Gasteiger partial charge in [0.1, 0.15) is 13.2 Å². The second kappa shape index (κ2) is 36.7. The minimum atomic E-state index is -0.765. The largest absolute Gasteiger partial charge is 0.462 e. The highest BCUT2D eigenvalue weighted by Gasteiger charge is 2.19. The first kappa shape index (κ1) is 44.9. The zero-order chi connectivity index (χ0) is 33.1. The van der Waals surface area contributed by atoms with Gasteiger partial charge in [-0.1, -0.05) is 163 Å². The quantitative estimate of drug-likeness (QED) is 0.0274. The van der Waals surface area contributed by atoms with Crippen molar-refractivity contribution in [2.24, 2.45) is 0 Å². The minimum absolute atomic E-state index is 0.0745. The summed E-state index contributed by atoms with van der Waals surface area (Å²) in [4.78, 5) is 37.3. The van der Waals surface area contributed by atoms with Gasteiger partial charge in [-0.3, -0.25) is 14.4 Å². The van der Waals surface area contributed by atoms with Gasteiger partial charge in [0, 0.05) is 35.3 Å². The Balaban J connectivity index is 4.34. The van der Waals surface area contributed by atoms with Crippen molar-refractivity contribution in [3.8, 4) is 0 Å². The highest BCUT2D eigenvalue weighted by atomic mass is 79.9. The molecule has 0 rings (SSSR count). The number of ether oxygens (including phenoxy) is 3. The highest BCUT2D eigenvalue weighted by molar-refractivity contribution is 9.09. The molecule has 266 valence electrons. The molecule has 9 heteroatoms. The summed E-state index contributed by atoms with van der Waals surface area (Å²) < 4.78 is 16.5. The summed E-state index contributed by atoms with van der Waals surface area (Å²) in [5.41, 5.74) is 0. The second-order valence-electron chi connectivity index (χ2n) is 12.3. The van der Waals surface area contributed by atoms with Gasteiger partial charge in [-0.2, -0.15) is 0 Å². The molecule has 0 aliphatic heterocycles. The van der Waals surface area contributed by atoms with E-state index in [1.165, 1.54) is 96.3 Å². The van der Waals surface area contributed by atoms with Crippen LogP contribution in [0.3, 0.4) is 0 Å². The SMILES string of the molecule is O=C(CCCCCCCCCCBr)OCC(COC(=O)CCCCCCCCCCBr)OC(=O)CCCCCCCCCCBr. The first-order valence-electron chi connectivity index (χ1n) is 18.2. The van der Waals surface area contributed by atoms with Crippen LogP contribution in [0.15, 0.2) is 0 Å². The molecule has 0 saturated carbocycles. The number of hydrogen-bond acceptors (Lipinski definition) is 6. The molecule has 0 bridgehead atoms. The minimum Gasteiger partial charge on any atom is -0.462 e. The molecule has 0 aliphatic carbocycles. The lowest BCUT2D eigenvalue weighted by atomic mass is 10.1. The maximum Gasteiger partial charge on any atom is 0.306 e. The smallest absolute Gasteiger partial charge is 0.306 e. The second-order valence-corrected chi connectivity index (χ2v) is 14.7. The van der Waals surface area contributed by atoms with E-state index in [0.29, 0.717) is 19.3 Å². The highest BCUT2D eigenvalue weighted by Crippen LogP contribution is 2.14. The fraction of sp³-hybridized carbons (Fsp3) is 0.917. The van der Waals surface area contributed by atoms with Gasteiger partial charge in [-0.25, -0.2) is 0 Å². The molecule has 45 heavy (non-hydrogen) atoms. The Hall–Kier alpha value is -0.150. The van der Waals surface area contributed by atoms with Crippen molar-refractivity contribution in [3.05, 3.63) is 0 Å². The number of rotatable bonds is 35. The summed E-state index contributed by atoms with van der Waals surface area (Å²) in [6.07, 6.45) is 27.7. The van der Waals surface area contributed by atoms with Crippen molar-refractivity contribution in [1.82, 2.24) is 0 Å². The molecular weight excluding hydrogens is 768 g/mol. The predicted molar refractivity (Wildman–Crippen MR) is 198 cm³/mol. The number of esters is 3. The third-order valence-corrected chi connectivity index (χ3v) is 9.63. The van der Waals surface area contributed by atoms with Gasteiger partial charge in [0.05, 0.1) is 0 Å². The summed E-state index contributed by atoms with van der Waals surface area (Å²) >= 11 is 10.4. The van der Waals surface area contributed by atoms with Crippen LogP contribution in [0.2, 0.25) is 0 Å². The van der Waals surface area contributed by atoms with Crippen molar-refractivity contribution in [1.29, 1.82) is 0 Å². The van der Waals surface area contributed by atoms with Crippen LogP contribution in [0, 0.1) is 0 Å². The van der Waals surface area contributed by atoms with Crippen molar-refractivity contribution in [2.45, 2.75) is 179 Å². The standard InChI is InChI=1S/C36H65Br3O6/c37-28-22-16-10-4-1-7-13-19-25-34(40)43-31-33(45-36(42)27-21-15-9-3-6-12-18-24-30-39)32-44-35(41)26-20-14-8-2-5-11-17-23-29-38/h33H,1-32H2. The Morgan fingerprint density at radius 1 is 0.356 bits per heavy atom. The normalized spacial score (nSPS) is 11.2. The Morgan fingerprint density at radius 2 is 0.600 bits per heavy atom. The van der Waals surface area contributed by atoms with Crippen LogP contribution in [0.1, 0.15) is 173 Å². The molecule has 0 radical (unpaired) electrons. The Morgan fingerprint density at radius 3 is 0.889 bits per heavy atom. The molecule has 0 aliphatic rings. The lowest BCUT2D eigenvalue weighted by molar-refractivity contribution is -0.167. The molecule has 0 aromatic heterocycles. The Labute approximate surface area is 301 Å². The topological polar surface area (TPSA) is 78.9 Å². The number of hydrogen-bond donors (Lipinski definition) is 0. The number of carbonyl (C=O) groups excluding carboxylic acids is 3. The maximum absolute atomic E-state index is 12.5. The first-order chi connectivity index (χ1) is 22.0. The Kier molecular flexibility index (Phi) is 36.6. The molecule has 0 heterocycles. The average molecular weight is 834 g/mol. The Bertz CT molecular complexity index is 641. The molecule has 0 spiro atoms. The fourth-order valence-corrected chi connectivity index (χ4v) is 6.34. The number of alkyl halides is 3. The van der Waals surface area contributed by atoms with E-state index >= 15 is 0 Å². The van der Waals surface area contributed by atoms with Crippen molar-refractivity contribution in [3.63, 3.8) is 0 Å². The monoisotopic (exact) mass is 830 g/mol. The lowest BCUT2D eigenvalue weighted by Crippen LogP contribution is -2.30. The summed E-state index contributed by atoms with van der Waals surface area (Å²) in [5.74, 6) is -0.900. The molecule has 0 saturated heterocycles. The molecule has 0 N–H and O–H groups in total. The maximum atomic E-state index is 12.5. The van der Waals surface area contributed by atoms with Crippen LogP contribution < -0.4 is 0 Å². The average Bonchev–Trinajstić information content (AvgIpc) is 3.03. The van der Waals surface area contributed by atoms with E-state index in [0.717, 1.165) is 73.8 Å². The molecule has 0 atom stereocenters. The van der Waals surface area contributed by atoms with E-state index in [2.05, 4.69) is 47.8 Å². The molecule has 0 amide bonds. The van der Waals surface area contributed by atoms with E-state index in [4.69, 9.17) is 14.2 Å². The van der Waals surface area contributed by atoms with E-state index in [1.807, 2.05) is 0 Å². The van der Waals surface area contributed by atoms with Gasteiger partial charge < -0.3 is 14.2 Å². The zero-order valence-corrected chi connectivity index (χ0v) is 33.0. The van der Waals surface area contributed by atoms with Crippen molar-refractivity contribution >= 4 is 65.7 Å². The van der Waals surface area contributed by atoms with Crippen LogP contribution in [0.4, 0.5) is 0 Å². The first-order valence-corrected chi connectivity index (χ1v) is 21.6. The van der Waals surface area contributed by atoms with Crippen LogP contribution in [-0.4, -0.2) is 53.2 Å². The number of carbonyl (C=O) groups is 3. The molecular formula is C36H65Br3O6. The molecule has 0 aromatic carbocycles. The van der Waals surface area contributed by atoms with Crippen molar-refractivity contribution in [2.75, 3.05) is 29.2 Å². The van der Waals surface area contributed by atoms with Crippen LogP contribution in [-0.2, 0) is 28.6 Å². The summed E-state index contributed by atoms with van der Waals surface area (Å²) in [6, 6.07) is 0. The van der Waals surface area contributed by atoms with Gasteiger partial charge in [0.25, 0.3) is 0 Å². The van der Waals surface area contributed by atoms with Crippen molar-refractivity contribution < 1.29 is 28.6 Å². The van der Waals surface area contributed by atoms with Gasteiger partial charge in [-0.15, -0.1) is 0 Å². The zero-order valence-electron chi connectivity index (χ0n) is 28.3. The van der Waals surface area contributed by atoms with Crippen LogP contribution in [0.5, 0.6) is 0 Å². The van der Waals surface area contributed by atoms with E-state index < -0.39 is 6.10 Å². The number of unbranched alkanes of at least 4 members (excludes halogenated alkanes) is 21. The summed E-state index contributed by atoms with van der Waals surface area (Å²) in [5, 5.41) is 3.23.